The Morgan fingerprint density at radius 2 is 1.71 bits per heavy atom. The van der Waals surface area contributed by atoms with E-state index in [1.54, 1.807) is 36.4 Å². The largest absolute Gasteiger partial charge is 0.507 e. The van der Waals surface area contributed by atoms with Crippen molar-refractivity contribution in [3.05, 3.63) is 71.0 Å². The number of aliphatic hydroxyl groups excluding tert-OH is 1. The number of hydrogen-bond acceptors (Lipinski definition) is 6. The van der Waals surface area contributed by atoms with E-state index in [-0.39, 0.29) is 17.4 Å². The van der Waals surface area contributed by atoms with Crippen LogP contribution in [0.1, 0.15) is 31.0 Å². The van der Waals surface area contributed by atoms with Crippen LogP contribution in [0.3, 0.4) is 0 Å². The number of Topliss-reactive ketones (excluding diaryl/α,β-unsaturated/α-hetero) is 1. The second-order valence-corrected chi connectivity index (χ2v) is 8.83. The third-order valence-corrected chi connectivity index (χ3v) is 6.09. The van der Waals surface area contributed by atoms with Gasteiger partial charge in [0.15, 0.2) is 0 Å². The molecule has 1 amide bonds. The van der Waals surface area contributed by atoms with Gasteiger partial charge in [0.05, 0.1) is 17.7 Å². The molecule has 0 bridgehead atoms. The van der Waals surface area contributed by atoms with Crippen molar-refractivity contribution in [3.63, 3.8) is 0 Å². The summed E-state index contributed by atoms with van der Waals surface area (Å²) in [6, 6.07) is 11.6. The number of ketones is 1. The zero-order valence-corrected chi connectivity index (χ0v) is 19.5. The van der Waals surface area contributed by atoms with Gasteiger partial charge in [0.25, 0.3) is 11.7 Å². The van der Waals surface area contributed by atoms with Crippen molar-refractivity contribution in [2.24, 2.45) is 0 Å². The fourth-order valence-electron chi connectivity index (χ4n) is 4.41. The summed E-state index contributed by atoms with van der Waals surface area (Å²) in [4.78, 5) is 29.9. The van der Waals surface area contributed by atoms with Crippen LogP contribution in [0.25, 0.3) is 5.76 Å². The maximum absolute atomic E-state index is 13.6. The highest BCUT2D eigenvalue weighted by molar-refractivity contribution is 6.46. The van der Waals surface area contributed by atoms with Gasteiger partial charge in [-0.3, -0.25) is 14.5 Å². The van der Waals surface area contributed by atoms with Crippen LogP contribution < -0.4 is 10.1 Å². The van der Waals surface area contributed by atoms with Crippen molar-refractivity contribution in [1.82, 2.24) is 15.1 Å². The molecule has 8 heteroatoms. The molecule has 2 fully saturated rings. The number of carbonyl (C=O) groups excluding carboxylic acids is 2. The number of amides is 1. The van der Waals surface area contributed by atoms with E-state index in [0.29, 0.717) is 30.0 Å². The lowest BCUT2D eigenvalue weighted by molar-refractivity contribution is -0.140. The van der Waals surface area contributed by atoms with Gasteiger partial charge in [-0.05, 0) is 55.8 Å². The first-order chi connectivity index (χ1) is 16.3. The molecule has 34 heavy (non-hydrogen) atoms. The fourth-order valence-corrected chi connectivity index (χ4v) is 4.41. The lowest BCUT2D eigenvalue weighted by Gasteiger charge is -2.31. The summed E-state index contributed by atoms with van der Waals surface area (Å²) in [6.07, 6.45) is -0.000988. The Morgan fingerprint density at radius 1 is 1.06 bits per heavy atom. The quantitative estimate of drug-likeness (QED) is 0.370. The number of benzene rings is 2. The molecule has 0 saturated carbocycles. The summed E-state index contributed by atoms with van der Waals surface area (Å²) < 4.78 is 19.3. The van der Waals surface area contributed by atoms with Crippen molar-refractivity contribution in [2.75, 3.05) is 39.3 Å². The molecular formula is C26H30FN3O4. The third kappa shape index (κ3) is 5.13. The third-order valence-electron chi connectivity index (χ3n) is 6.09. The average Bonchev–Trinajstić information content (AvgIpc) is 3.08. The Morgan fingerprint density at radius 3 is 2.32 bits per heavy atom. The van der Waals surface area contributed by atoms with Crippen LogP contribution in [0.15, 0.2) is 54.1 Å². The van der Waals surface area contributed by atoms with Crippen molar-refractivity contribution in [3.8, 4) is 5.75 Å². The minimum absolute atomic E-state index is 0.000988. The van der Waals surface area contributed by atoms with E-state index < -0.39 is 23.5 Å². The predicted octanol–water partition coefficient (Wildman–Crippen LogP) is 2.94. The van der Waals surface area contributed by atoms with E-state index in [1.807, 2.05) is 13.8 Å². The maximum Gasteiger partial charge on any atom is 0.295 e. The molecule has 0 aliphatic carbocycles. The van der Waals surface area contributed by atoms with Gasteiger partial charge in [-0.15, -0.1) is 0 Å². The predicted molar refractivity (Wildman–Crippen MR) is 127 cm³/mol. The van der Waals surface area contributed by atoms with Crippen molar-refractivity contribution < 1.29 is 23.8 Å². The average molecular weight is 468 g/mol. The minimum Gasteiger partial charge on any atom is -0.507 e. The zero-order chi connectivity index (χ0) is 24.2. The van der Waals surface area contributed by atoms with E-state index in [1.165, 1.54) is 17.0 Å². The summed E-state index contributed by atoms with van der Waals surface area (Å²) in [6.45, 7) is 8.22. The molecule has 2 heterocycles. The Bertz CT molecular complexity index is 1060. The molecule has 0 unspecified atom stereocenters. The summed E-state index contributed by atoms with van der Waals surface area (Å²) in [5, 5.41) is 14.4. The molecule has 1 atom stereocenters. The molecule has 2 N–H and O–H groups in total. The molecule has 2 aliphatic heterocycles. The van der Waals surface area contributed by atoms with Gasteiger partial charge >= 0.3 is 0 Å². The highest BCUT2D eigenvalue weighted by Gasteiger charge is 2.46. The lowest BCUT2D eigenvalue weighted by atomic mass is 9.95. The molecule has 2 aliphatic rings. The van der Waals surface area contributed by atoms with Gasteiger partial charge in [0.2, 0.25) is 0 Å². The summed E-state index contributed by atoms with van der Waals surface area (Å²) >= 11 is 0. The number of carbonyl (C=O) groups is 2. The summed E-state index contributed by atoms with van der Waals surface area (Å²) in [5.74, 6) is -1.44. The van der Waals surface area contributed by atoms with Crippen molar-refractivity contribution >= 4 is 17.4 Å². The fraction of sp³-hybridized carbons (Fsp3) is 0.385. The van der Waals surface area contributed by atoms with Gasteiger partial charge in [-0.25, -0.2) is 4.39 Å². The molecule has 180 valence electrons. The van der Waals surface area contributed by atoms with Crippen LogP contribution in [-0.4, -0.2) is 72.0 Å². The second kappa shape index (κ2) is 10.4. The van der Waals surface area contributed by atoms with E-state index in [2.05, 4.69) is 10.2 Å². The van der Waals surface area contributed by atoms with Gasteiger partial charge in [0.1, 0.15) is 17.3 Å². The molecule has 2 saturated heterocycles. The molecule has 4 rings (SSSR count). The maximum atomic E-state index is 13.6. The van der Waals surface area contributed by atoms with Crippen LogP contribution in [0, 0.1) is 5.82 Å². The van der Waals surface area contributed by atoms with Crippen LogP contribution in [0.4, 0.5) is 4.39 Å². The number of piperazine rings is 1. The highest BCUT2D eigenvalue weighted by Crippen LogP contribution is 2.39. The first-order valence-corrected chi connectivity index (χ1v) is 11.6. The molecule has 2 aromatic carbocycles. The van der Waals surface area contributed by atoms with Gasteiger partial charge in [-0.1, -0.05) is 12.1 Å². The van der Waals surface area contributed by atoms with Crippen molar-refractivity contribution in [2.45, 2.75) is 26.0 Å². The first-order valence-electron chi connectivity index (χ1n) is 11.6. The number of hydrogen-bond donors (Lipinski definition) is 2. The standard InChI is InChI=1S/C26H30FN3O4/c1-17(2)34-21-9-5-19(6-10-21)24(31)22-23(18-3-7-20(27)8-4-18)30(26(33)25(22)32)16-15-29-13-11-28-12-14-29/h3-10,17,23,28,31H,11-16H2,1-2H3/b24-22+/t23-/m1/s1. The molecule has 7 nitrogen and oxygen atoms in total. The number of likely N-dealkylation sites (tertiary alicyclic amines) is 1. The zero-order valence-electron chi connectivity index (χ0n) is 19.5. The van der Waals surface area contributed by atoms with Crippen LogP contribution in [0.2, 0.25) is 0 Å². The smallest absolute Gasteiger partial charge is 0.295 e. The lowest BCUT2D eigenvalue weighted by Crippen LogP contribution is -2.46. The molecule has 2 aromatic rings. The Balaban J connectivity index is 1.69. The van der Waals surface area contributed by atoms with Crippen LogP contribution in [0.5, 0.6) is 5.75 Å². The van der Waals surface area contributed by atoms with Crippen LogP contribution >= 0.6 is 0 Å². The van der Waals surface area contributed by atoms with E-state index >= 15 is 0 Å². The molecule has 0 spiro atoms. The van der Waals surface area contributed by atoms with Gasteiger partial charge in [-0.2, -0.15) is 0 Å². The highest BCUT2D eigenvalue weighted by atomic mass is 19.1. The second-order valence-electron chi connectivity index (χ2n) is 8.83. The number of nitrogens with one attached hydrogen (secondary N) is 1. The summed E-state index contributed by atoms with van der Waals surface area (Å²) in [5.41, 5.74) is 0.986. The van der Waals surface area contributed by atoms with Crippen molar-refractivity contribution in [1.29, 1.82) is 0 Å². The Labute approximate surface area is 198 Å². The van der Waals surface area contributed by atoms with E-state index in [9.17, 15) is 19.1 Å². The number of ether oxygens (including phenoxy) is 1. The molecular weight excluding hydrogens is 437 g/mol. The Kier molecular flexibility index (Phi) is 7.29. The Hall–Kier alpha value is -3.23. The molecule has 0 radical (unpaired) electrons. The molecule has 0 aromatic heterocycles. The van der Waals surface area contributed by atoms with E-state index in [4.69, 9.17) is 4.74 Å². The first kappa shape index (κ1) is 23.9. The SMILES string of the molecule is CC(C)Oc1ccc(/C(O)=C2\C(=O)C(=O)N(CCN3CCNCC3)[C@@H]2c2ccc(F)cc2)cc1. The van der Waals surface area contributed by atoms with Crippen LogP contribution in [-0.2, 0) is 9.59 Å². The topological polar surface area (TPSA) is 82.1 Å². The van der Waals surface area contributed by atoms with Gasteiger partial charge < -0.3 is 20.1 Å². The summed E-state index contributed by atoms with van der Waals surface area (Å²) in [7, 11) is 0. The number of halogens is 1. The minimum atomic E-state index is -0.796. The number of nitrogens with zero attached hydrogens (tertiary/aromatic N) is 2. The van der Waals surface area contributed by atoms with Gasteiger partial charge in [0, 0.05) is 44.8 Å². The monoisotopic (exact) mass is 467 g/mol. The number of rotatable bonds is 7. The van der Waals surface area contributed by atoms with E-state index in [0.717, 1.165) is 26.2 Å². The number of aliphatic hydroxyl groups is 1. The normalized spacial score (nSPS) is 20.8.